The van der Waals surface area contributed by atoms with Gasteiger partial charge in [0.25, 0.3) is 0 Å². The minimum atomic E-state index is -0.672. The van der Waals surface area contributed by atoms with Gasteiger partial charge in [0.15, 0.2) is 0 Å². The predicted molar refractivity (Wildman–Crippen MR) is 72.3 cm³/mol. The minimum Gasteiger partial charge on any atom is -0.388 e. The summed E-state index contributed by atoms with van der Waals surface area (Å²) in [7, 11) is 0. The maximum absolute atomic E-state index is 11.4. The SMILES string of the molecule is C=CCSCCNC(=O)NCC1(O)CCCC1. The predicted octanol–water partition coefficient (Wildman–Crippen LogP) is 1.51. The number of rotatable bonds is 7. The molecule has 0 radical (unpaired) electrons. The van der Waals surface area contributed by atoms with Gasteiger partial charge in [-0.3, -0.25) is 0 Å². The molecule has 0 spiro atoms. The van der Waals surface area contributed by atoms with Gasteiger partial charge in [0.05, 0.1) is 5.60 Å². The molecule has 5 heteroatoms. The van der Waals surface area contributed by atoms with Crippen molar-refractivity contribution in [2.24, 2.45) is 0 Å². The monoisotopic (exact) mass is 258 g/mol. The van der Waals surface area contributed by atoms with Crippen LogP contribution in [0.15, 0.2) is 12.7 Å². The minimum absolute atomic E-state index is 0.190. The van der Waals surface area contributed by atoms with Crippen LogP contribution in [0, 0.1) is 0 Å². The number of carbonyl (C=O) groups is 1. The summed E-state index contributed by atoms with van der Waals surface area (Å²) in [6, 6.07) is -0.190. The van der Waals surface area contributed by atoms with Crippen LogP contribution >= 0.6 is 11.8 Å². The van der Waals surface area contributed by atoms with E-state index >= 15 is 0 Å². The molecule has 1 fully saturated rings. The highest BCUT2D eigenvalue weighted by Gasteiger charge is 2.31. The first kappa shape index (κ1) is 14.4. The Morgan fingerprint density at radius 1 is 1.41 bits per heavy atom. The van der Waals surface area contributed by atoms with E-state index in [1.807, 2.05) is 6.08 Å². The topological polar surface area (TPSA) is 61.4 Å². The third-order valence-corrected chi connectivity index (χ3v) is 3.84. The number of amides is 2. The molecule has 3 N–H and O–H groups in total. The largest absolute Gasteiger partial charge is 0.388 e. The van der Waals surface area contributed by atoms with Crippen LogP contribution in [0.3, 0.4) is 0 Å². The average Bonchev–Trinajstić information content (AvgIpc) is 2.74. The lowest BCUT2D eigenvalue weighted by atomic mass is 10.0. The fourth-order valence-electron chi connectivity index (χ4n) is 1.92. The van der Waals surface area contributed by atoms with Crippen LogP contribution in [0.5, 0.6) is 0 Å². The van der Waals surface area contributed by atoms with Crippen LogP contribution in [0.2, 0.25) is 0 Å². The molecule has 0 aromatic carbocycles. The van der Waals surface area contributed by atoms with Gasteiger partial charge in [0, 0.05) is 24.6 Å². The van der Waals surface area contributed by atoms with Crippen molar-refractivity contribution in [1.29, 1.82) is 0 Å². The molecule has 0 bridgehead atoms. The molecule has 1 saturated carbocycles. The van der Waals surface area contributed by atoms with E-state index in [4.69, 9.17) is 0 Å². The van der Waals surface area contributed by atoms with Crippen LogP contribution in [-0.4, -0.2) is 41.3 Å². The van der Waals surface area contributed by atoms with Gasteiger partial charge in [0.1, 0.15) is 0 Å². The summed E-state index contributed by atoms with van der Waals surface area (Å²) in [6.07, 6.45) is 5.54. The first-order valence-corrected chi connectivity index (χ1v) is 7.24. The Bertz CT molecular complexity index is 253. The second kappa shape index (κ2) is 7.61. The Morgan fingerprint density at radius 2 is 2.12 bits per heavy atom. The van der Waals surface area contributed by atoms with E-state index in [9.17, 15) is 9.90 Å². The van der Waals surface area contributed by atoms with Crippen molar-refractivity contribution in [1.82, 2.24) is 10.6 Å². The lowest BCUT2D eigenvalue weighted by Gasteiger charge is -2.22. The molecular weight excluding hydrogens is 236 g/mol. The Labute approximate surface area is 107 Å². The van der Waals surface area contributed by atoms with E-state index in [2.05, 4.69) is 17.2 Å². The van der Waals surface area contributed by atoms with E-state index in [1.165, 1.54) is 0 Å². The molecule has 1 aliphatic carbocycles. The molecule has 4 nitrogen and oxygen atoms in total. The van der Waals surface area contributed by atoms with Gasteiger partial charge in [-0.2, -0.15) is 11.8 Å². The third-order valence-electron chi connectivity index (χ3n) is 2.88. The van der Waals surface area contributed by atoms with E-state index in [1.54, 1.807) is 11.8 Å². The van der Waals surface area contributed by atoms with Gasteiger partial charge < -0.3 is 15.7 Å². The fraction of sp³-hybridized carbons (Fsp3) is 0.750. The highest BCUT2D eigenvalue weighted by molar-refractivity contribution is 7.99. The Balaban J connectivity index is 2.02. The van der Waals surface area contributed by atoms with Crippen LogP contribution in [0.25, 0.3) is 0 Å². The molecule has 0 saturated heterocycles. The molecule has 17 heavy (non-hydrogen) atoms. The number of aliphatic hydroxyl groups is 1. The normalized spacial score (nSPS) is 17.7. The van der Waals surface area contributed by atoms with Crippen LogP contribution in [0.1, 0.15) is 25.7 Å². The van der Waals surface area contributed by atoms with E-state index in [-0.39, 0.29) is 6.03 Å². The first-order valence-electron chi connectivity index (χ1n) is 6.09. The van der Waals surface area contributed by atoms with Crippen molar-refractivity contribution >= 4 is 17.8 Å². The van der Waals surface area contributed by atoms with E-state index in [0.29, 0.717) is 13.1 Å². The summed E-state index contributed by atoms with van der Waals surface area (Å²) in [6.45, 7) is 4.63. The lowest BCUT2D eigenvalue weighted by molar-refractivity contribution is 0.0501. The smallest absolute Gasteiger partial charge is 0.314 e. The maximum atomic E-state index is 11.4. The molecule has 98 valence electrons. The van der Waals surface area contributed by atoms with Gasteiger partial charge in [-0.05, 0) is 12.8 Å². The number of thioether (sulfide) groups is 1. The highest BCUT2D eigenvalue weighted by Crippen LogP contribution is 2.28. The van der Waals surface area contributed by atoms with Gasteiger partial charge in [-0.25, -0.2) is 4.79 Å². The van der Waals surface area contributed by atoms with Crippen molar-refractivity contribution in [2.75, 3.05) is 24.6 Å². The number of hydrogen-bond acceptors (Lipinski definition) is 3. The maximum Gasteiger partial charge on any atom is 0.314 e. The third kappa shape index (κ3) is 5.98. The molecule has 0 atom stereocenters. The van der Waals surface area contributed by atoms with E-state index in [0.717, 1.165) is 37.2 Å². The Morgan fingerprint density at radius 3 is 2.76 bits per heavy atom. The molecule has 0 aliphatic heterocycles. The second-order valence-electron chi connectivity index (χ2n) is 4.40. The molecule has 2 amide bonds. The van der Waals surface area contributed by atoms with Gasteiger partial charge in [-0.1, -0.05) is 18.9 Å². The summed E-state index contributed by atoms with van der Waals surface area (Å²) in [5.74, 6) is 1.78. The van der Waals surface area contributed by atoms with Crippen LogP contribution in [0.4, 0.5) is 4.79 Å². The number of carbonyl (C=O) groups excluding carboxylic acids is 1. The Kier molecular flexibility index (Phi) is 6.44. The summed E-state index contributed by atoms with van der Waals surface area (Å²) >= 11 is 1.73. The molecule has 1 aliphatic rings. The zero-order valence-electron chi connectivity index (χ0n) is 10.2. The number of nitrogens with one attached hydrogen (secondary N) is 2. The molecule has 0 aromatic heterocycles. The first-order chi connectivity index (χ1) is 8.16. The summed E-state index contributed by atoms with van der Waals surface area (Å²) in [5.41, 5.74) is -0.672. The van der Waals surface area contributed by atoms with Gasteiger partial charge in [0.2, 0.25) is 0 Å². The number of hydrogen-bond donors (Lipinski definition) is 3. The van der Waals surface area contributed by atoms with Crippen molar-refractivity contribution in [3.8, 4) is 0 Å². The summed E-state index contributed by atoms with van der Waals surface area (Å²) in [5, 5.41) is 15.5. The fourth-order valence-corrected chi connectivity index (χ4v) is 2.50. The quantitative estimate of drug-likeness (QED) is 0.479. The van der Waals surface area contributed by atoms with Gasteiger partial charge >= 0.3 is 6.03 Å². The van der Waals surface area contributed by atoms with Crippen molar-refractivity contribution in [2.45, 2.75) is 31.3 Å². The zero-order chi connectivity index (χ0) is 12.6. The van der Waals surface area contributed by atoms with Crippen LogP contribution in [-0.2, 0) is 0 Å². The Hall–Kier alpha value is -0.680. The molecule has 0 unspecified atom stereocenters. The van der Waals surface area contributed by atoms with E-state index < -0.39 is 5.60 Å². The van der Waals surface area contributed by atoms with Crippen LogP contribution < -0.4 is 10.6 Å². The van der Waals surface area contributed by atoms with Gasteiger partial charge in [-0.15, -0.1) is 6.58 Å². The lowest BCUT2D eigenvalue weighted by Crippen LogP contribution is -2.45. The zero-order valence-corrected chi connectivity index (χ0v) is 11.0. The molecule has 0 heterocycles. The standard InChI is InChI=1S/C12H22N2O2S/c1-2-8-17-9-7-13-11(15)14-10-12(16)5-3-4-6-12/h2,16H,1,3-10H2,(H2,13,14,15). The average molecular weight is 258 g/mol. The second-order valence-corrected chi connectivity index (χ2v) is 5.55. The summed E-state index contributed by atoms with van der Waals surface area (Å²) in [4.78, 5) is 11.4. The molecule has 0 aromatic rings. The van der Waals surface area contributed by atoms with Crippen molar-refractivity contribution < 1.29 is 9.90 Å². The number of urea groups is 1. The highest BCUT2D eigenvalue weighted by atomic mass is 32.2. The molecule has 1 rings (SSSR count). The molecular formula is C12H22N2O2S. The summed E-state index contributed by atoms with van der Waals surface area (Å²) < 4.78 is 0. The van der Waals surface area contributed by atoms with Crippen molar-refractivity contribution in [3.63, 3.8) is 0 Å². The van der Waals surface area contributed by atoms with Crippen molar-refractivity contribution in [3.05, 3.63) is 12.7 Å².